The molecule has 1 aromatic rings. The van der Waals surface area contributed by atoms with E-state index in [-0.39, 0.29) is 5.82 Å². The topological polar surface area (TPSA) is 0 Å². The first-order chi connectivity index (χ1) is 6.83. The zero-order valence-electron chi connectivity index (χ0n) is 9.69. The summed E-state index contributed by atoms with van der Waals surface area (Å²) in [5.41, 5.74) is 0.851. The zero-order chi connectivity index (χ0) is 11.4. The quantitative estimate of drug-likeness (QED) is 0.542. The van der Waals surface area contributed by atoms with Crippen molar-refractivity contribution in [1.29, 1.82) is 0 Å². The molecule has 1 aromatic carbocycles. The Morgan fingerprint density at radius 3 is 1.71 bits per heavy atom. The van der Waals surface area contributed by atoms with Crippen LogP contribution in [0.25, 0.3) is 0 Å². The van der Waals surface area contributed by atoms with Gasteiger partial charge in [0.2, 0.25) is 0 Å². The van der Waals surface area contributed by atoms with Crippen LogP contribution in [0.1, 0.15) is 40.2 Å². The van der Waals surface area contributed by atoms with Crippen LogP contribution < -0.4 is 0 Å². The van der Waals surface area contributed by atoms with Crippen molar-refractivity contribution in [2.45, 2.75) is 34.6 Å². The minimum absolute atomic E-state index is 0.221. The molecule has 78 valence electrons. The van der Waals surface area contributed by atoms with Crippen molar-refractivity contribution in [2.24, 2.45) is 0 Å². The van der Waals surface area contributed by atoms with Gasteiger partial charge in [-0.25, -0.2) is 4.39 Å². The molecule has 0 fully saturated rings. The molecule has 1 heteroatoms. The molecule has 0 saturated carbocycles. The summed E-state index contributed by atoms with van der Waals surface area (Å²) in [4.78, 5) is 0. The van der Waals surface area contributed by atoms with Gasteiger partial charge in [-0.1, -0.05) is 33.6 Å². The molecule has 0 saturated heterocycles. The molecule has 0 N–H and O–H groups in total. The van der Waals surface area contributed by atoms with Gasteiger partial charge in [0.25, 0.3) is 0 Å². The van der Waals surface area contributed by atoms with Gasteiger partial charge in [0.05, 0.1) is 0 Å². The van der Waals surface area contributed by atoms with Crippen LogP contribution in [0.2, 0.25) is 0 Å². The number of rotatable bonds is 0. The van der Waals surface area contributed by atoms with E-state index >= 15 is 0 Å². The molecule has 0 unspecified atom stereocenters. The number of benzene rings is 1. The summed E-state index contributed by atoms with van der Waals surface area (Å²) in [7, 11) is 0. The summed E-state index contributed by atoms with van der Waals surface area (Å²) in [5, 5.41) is 0. The molecule has 0 spiro atoms. The van der Waals surface area contributed by atoms with Gasteiger partial charge in [-0.05, 0) is 31.2 Å². The Hall–Kier alpha value is -1.29. The Labute approximate surface area is 87.2 Å². The molecule has 14 heavy (non-hydrogen) atoms. The third kappa shape index (κ3) is 7.36. The third-order valence-corrected chi connectivity index (χ3v) is 1.11. The predicted molar refractivity (Wildman–Crippen MR) is 61.6 cm³/mol. The lowest BCUT2D eigenvalue weighted by molar-refractivity contribution is 0.627. The van der Waals surface area contributed by atoms with Crippen LogP contribution in [-0.4, -0.2) is 0 Å². The first-order valence-corrected chi connectivity index (χ1v) is 5.01. The van der Waals surface area contributed by atoms with Crippen LogP contribution in [0.5, 0.6) is 0 Å². The van der Waals surface area contributed by atoms with Crippen LogP contribution in [-0.2, 0) is 0 Å². The molecule has 0 heterocycles. The maximum absolute atomic E-state index is 12.3. The molecule has 0 aliphatic carbocycles. The van der Waals surface area contributed by atoms with E-state index in [1.165, 1.54) is 12.1 Å². The second-order valence-corrected chi connectivity index (χ2v) is 1.88. The molecule has 1 rings (SSSR count). The van der Waals surface area contributed by atoms with Crippen molar-refractivity contribution >= 4 is 0 Å². The first-order valence-electron chi connectivity index (χ1n) is 5.01. The molecule has 0 radical (unpaired) electrons. The summed E-state index contributed by atoms with van der Waals surface area (Å²) in [6, 6.07) is 6.12. The third-order valence-electron chi connectivity index (χ3n) is 1.11. The van der Waals surface area contributed by atoms with Gasteiger partial charge >= 0.3 is 0 Å². The summed E-state index contributed by atoms with van der Waals surface area (Å²) in [5.74, 6) is 5.33. The van der Waals surface area contributed by atoms with Crippen molar-refractivity contribution in [1.82, 2.24) is 0 Å². The van der Waals surface area contributed by atoms with E-state index in [9.17, 15) is 4.39 Å². The average Bonchev–Trinajstić information content (AvgIpc) is 2.28. The fourth-order valence-corrected chi connectivity index (χ4v) is 0.678. The highest BCUT2D eigenvalue weighted by atomic mass is 19.1. The Morgan fingerprint density at radius 2 is 1.36 bits per heavy atom. The second-order valence-electron chi connectivity index (χ2n) is 1.88. The highest BCUT2D eigenvalue weighted by Crippen LogP contribution is 1.99. The molecule has 0 nitrogen and oxygen atoms in total. The van der Waals surface area contributed by atoms with Crippen molar-refractivity contribution in [2.75, 3.05) is 0 Å². The Balaban J connectivity index is 0. The highest BCUT2D eigenvalue weighted by Gasteiger charge is 1.86. The SMILES string of the molecule is CC.CC.CC#Cc1ccc(F)cc1. The fraction of sp³-hybridized carbons (Fsp3) is 0.385. The van der Waals surface area contributed by atoms with E-state index < -0.39 is 0 Å². The molecule has 0 aromatic heterocycles. The van der Waals surface area contributed by atoms with E-state index in [0.29, 0.717) is 0 Å². The monoisotopic (exact) mass is 194 g/mol. The minimum Gasteiger partial charge on any atom is -0.207 e. The summed E-state index contributed by atoms with van der Waals surface area (Å²) >= 11 is 0. The van der Waals surface area contributed by atoms with E-state index in [4.69, 9.17) is 0 Å². The lowest BCUT2D eigenvalue weighted by Crippen LogP contribution is -1.74. The van der Waals surface area contributed by atoms with Crippen LogP contribution in [0.3, 0.4) is 0 Å². The summed E-state index contributed by atoms with van der Waals surface area (Å²) in [6.45, 7) is 9.75. The van der Waals surface area contributed by atoms with E-state index in [1.54, 1.807) is 19.1 Å². The lowest BCUT2D eigenvalue weighted by Gasteiger charge is -1.87. The fourth-order valence-electron chi connectivity index (χ4n) is 0.678. The van der Waals surface area contributed by atoms with Gasteiger partial charge in [0.15, 0.2) is 0 Å². The molecular formula is C13H19F. The maximum Gasteiger partial charge on any atom is 0.123 e. The largest absolute Gasteiger partial charge is 0.207 e. The van der Waals surface area contributed by atoms with Gasteiger partial charge in [-0.3, -0.25) is 0 Å². The van der Waals surface area contributed by atoms with Crippen molar-refractivity contribution in [3.63, 3.8) is 0 Å². The van der Waals surface area contributed by atoms with Gasteiger partial charge in [0.1, 0.15) is 5.82 Å². The molecule has 0 bridgehead atoms. The average molecular weight is 194 g/mol. The Morgan fingerprint density at radius 1 is 0.929 bits per heavy atom. The first kappa shape index (κ1) is 15.2. The Bertz CT molecular complexity index is 262. The maximum atomic E-state index is 12.3. The van der Waals surface area contributed by atoms with Gasteiger partial charge in [0, 0.05) is 5.56 Å². The van der Waals surface area contributed by atoms with Crippen LogP contribution >= 0.6 is 0 Å². The zero-order valence-corrected chi connectivity index (χ0v) is 9.69. The number of hydrogen-bond acceptors (Lipinski definition) is 0. The van der Waals surface area contributed by atoms with E-state index in [0.717, 1.165) is 5.56 Å². The molecule has 0 aliphatic heterocycles. The molecule has 0 amide bonds. The van der Waals surface area contributed by atoms with Gasteiger partial charge < -0.3 is 0 Å². The number of halogens is 1. The minimum atomic E-state index is -0.221. The predicted octanol–water partition coefficient (Wildman–Crippen LogP) is 4.25. The number of hydrogen-bond donors (Lipinski definition) is 0. The van der Waals surface area contributed by atoms with E-state index in [1.807, 2.05) is 27.7 Å². The smallest absolute Gasteiger partial charge is 0.123 e. The lowest BCUT2D eigenvalue weighted by atomic mass is 10.2. The van der Waals surface area contributed by atoms with Crippen molar-refractivity contribution in [3.05, 3.63) is 35.6 Å². The summed E-state index contributed by atoms with van der Waals surface area (Å²) in [6.07, 6.45) is 0. The van der Waals surface area contributed by atoms with Crippen LogP contribution in [0.15, 0.2) is 24.3 Å². The Kier molecular flexibility index (Phi) is 12.7. The summed E-state index contributed by atoms with van der Waals surface area (Å²) < 4.78 is 12.3. The molecule has 0 aliphatic rings. The normalized spacial score (nSPS) is 6.71. The second kappa shape index (κ2) is 11.7. The molecule has 0 atom stereocenters. The van der Waals surface area contributed by atoms with Crippen molar-refractivity contribution < 1.29 is 4.39 Å². The van der Waals surface area contributed by atoms with E-state index in [2.05, 4.69) is 11.8 Å². The van der Waals surface area contributed by atoms with Gasteiger partial charge in [-0.2, -0.15) is 0 Å². The highest BCUT2D eigenvalue weighted by molar-refractivity contribution is 5.33. The van der Waals surface area contributed by atoms with Crippen LogP contribution in [0, 0.1) is 17.7 Å². The van der Waals surface area contributed by atoms with Gasteiger partial charge in [-0.15, -0.1) is 5.92 Å². The molecular weight excluding hydrogens is 175 g/mol. The van der Waals surface area contributed by atoms with Crippen molar-refractivity contribution in [3.8, 4) is 11.8 Å². The standard InChI is InChI=1S/C9H7F.2C2H6/c1-2-3-8-4-6-9(10)7-5-8;2*1-2/h4-7H,1H3;2*1-2H3. The van der Waals surface area contributed by atoms with Crippen LogP contribution in [0.4, 0.5) is 4.39 Å².